The molecule has 0 amide bonds. The van der Waals surface area contributed by atoms with Gasteiger partial charge < -0.3 is 5.73 Å². The highest BCUT2D eigenvalue weighted by Gasteiger charge is 2.13. The molecular formula is C19H12ClN5S. The second-order valence-corrected chi connectivity index (χ2v) is 7.22. The van der Waals surface area contributed by atoms with Crippen LogP contribution in [0.5, 0.6) is 0 Å². The average molecular weight is 378 g/mol. The summed E-state index contributed by atoms with van der Waals surface area (Å²) in [5, 5.41) is 10.5. The SMILES string of the molecule is N#Cc1cccc(-c2nc(N)c3cc(Cc4ccncc4Cl)sc3n2)c1. The van der Waals surface area contributed by atoms with E-state index in [1.165, 1.54) is 0 Å². The van der Waals surface area contributed by atoms with Gasteiger partial charge in [-0.3, -0.25) is 4.98 Å². The van der Waals surface area contributed by atoms with E-state index in [2.05, 4.69) is 21.0 Å². The minimum atomic E-state index is 0.427. The number of nitriles is 1. The van der Waals surface area contributed by atoms with Gasteiger partial charge in [0.1, 0.15) is 10.6 Å². The summed E-state index contributed by atoms with van der Waals surface area (Å²) < 4.78 is 0. The Balaban J connectivity index is 1.76. The normalized spacial score (nSPS) is 10.8. The first-order chi connectivity index (χ1) is 12.6. The summed E-state index contributed by atoms with van der Waals surface area (Å²) >= 11 is 7.76. The zero-order valence-corrected chi connectivity index (χ0v) is 15.1. The highest BCUT2D eigenvalue weighted by atomic mass is 35.5. The van der Waals surface area contributed by atoms with Crippen molar-refractivity contribution >= 4 is 39.0 Å². The summed E-state index contributed by atoms with van der Waals surface area (Å²) in [5.74, 6) is 0.943. The van der Waals surface area contributed by atoms with Crippen LogP contribution in [0.1, 0.15) is 16.0 Å². The molecule has 0 saturated heterocycles. The summed E-state index contributed by atoms with van der Waals surface area (Å²) in [6.07, 6.45) is 4.04. The van der Waals surface area contributed by atoms with Gasteiger partial charge in [0, 0.05) is 29.3 Å². The number of fused-ring (bicyclic) bond motifs is 1. The molecule has 26 heavy (non-hydrogen) atoms. The van der Waals surface area contributed by atoms with Crippen molar-refractivity contribution in [3.8, 4) is 17.5 Å². The number of halogens is 1. The van der Waals surface area contributed by atoms with Crippen LogP contribution in [-0.2, 0) is 6.42 Å². The van der Waals surface area contributed by atoms with Gasteiger partial charge in [0.25, 0.3) is 0 Å². The molecule has 0 aliphatic heterocycles. The molecule has 3 aromatic heterocycles. The molecule has 1 aromatic carbocycles. The number of benzene rings is 1. The fourth-order valence-corrected chi connectivity index (χ4v) is 3.92. The van der Waals surface area contributed by atoms with Gasteiger partial charge in [-0.05, 0) is 29.8 Å². The molecule has 7 heteroatoms. The lowest BCUT2D eigenvalue weighted by Crippen LogP contribution is -1.96. The zero-order valence-electron chi connectivity index (χ0n) is 13.5. The molecule has 0 radical (unpaired) electrons. The third-order valence-electron chi connectivity index (χ3n) is 3.94. The van der Waals surface area contributed by atoms with Crippen molar-refractivity contribution in [1.82, 2.24) is 15.0 Å². The summed E-state index contributed by atoms with van der Waals surface area (Å²) in [6, 6.07) is 13.2. The topological polar surface area (TPSA) is 88.5 Å². The minimum absolute atomic E-state index is 0.427. The monoisotopic (exact) mass is 377 g/mol. The number of thiophene rings is 1. The molecule has 0 aliphatic rings. The third kappa shape index (κ3) is 3.10. The molecule has 0 spiro atoms. The van der Waals surface area contributed by atoms with Crippen molar-refractivity contribution in [2.24, 2.45) is 0 Å². The Bertz CT molecular complexity index is 1160. The van der Waals surface area contributed by atoms with Crippen LogP contribution in [0, 0.1) is 11.3 Å². The van der Waals surface area contributed by atoms with Crippen molar-refractivity contribution in [2.75, 3.05) is 5.73 Å². The van der Waals surface area contributed by atoms with Gasteiger partial charge in [-0.25, -0.2) is 9.97 Å². The quantitative estimate of drug-likeness (QED) is 0.569. The Kier molecular flexibility index (Phi) is 4.25. The van der Waals surface area contributed by atoms with Crippen LogP contribution in [0.15, 0.2) is 48.8 Å². The van der Waals surface area contributed by atoms with Gasteiger partial charge in [0.15, 0.2) is 5.82 Å². The smallest absolute Gasteiger partial charge is 0.163 e. The Hall–Kier alpha value is -3.01. The van der Waals surface area contributed by atoms with Gasteiger partial charge in [0.05, 0.1) is 22.0 Å². The second-order valence-electron chi connectivity index (χ2n) is 5.70. The van der Waals surface area contributed by atoms with Crippen LogP contribution in [0.3, 0.4) is 0 Å². The van der Waals surface area contributed by atoms with Crippen molar-refractivity contribution in [3.05, 3.63) is 69.8 Å². The Morgan fingerprint density at radius 2 is 2.08 bits per heavy atom. The molecule has 126 valence electrons. The first-order valence-electron chi connectivity index (χ1n) is 7.79. The predicted molar refractivity (Wildman–Crippen MR) is 104 cm³/mol. The first kappa shape index (κ1) is 16.5. The summed E-state index contributed by atoms with van der Waals surface area (Å²) in [6.45, 7) is 0. The van der Waals surface area contributed by atoms with E-state index in [1.54, 1.807) is 35.9 Å². The summed E-state index contributed by atoms with van der Waals surface area (Å²) in [7, 11) is 0. The largest absolute Gasteiger partial charge is 0.383 e. The van der Waals surface area contributed by atoms with Crippen LogP contribution >= 0.6 is 22.9 Å². The van der Waals surface area contributed by atoms with E-state index < -0.39 is 0 Å². The predicted octanol–water partition coefficient (Wildman–Crippen LogP) is 4.45. The van der Waals surface area contributed by atoms with Gasteiger partial charge in [0.2, 0.25) is 0 Å². The molecule has 4 aromatic rings. The van der Waals surface area contributed by atoms with Gasteiger partial charge >= 0.3 is 0 Å². The molecule has 5 nitrogen and oxygen atoms in total. The molecule has 0 atom stereocenters. The molecule has 0 fully saturated rings. The summed E-state index contributed by atoms with van der Waals surface area (Å²) in [4.78, 5) is 15.0. The number of nitrogens with two attached hydrogens (primary N) is 1. The average Bonchev–Trinajstić information content (AvgIpc) is 3.07. The second kappa shape index (κ2) is 6.71. The van der Waals surface area contributed by atoms with Crippen LogP contribution in [0.2, 0.25) is 5.02 Å². The fraction of sp³-hybridized carbons (Fsp3) is 0.0526. The lowest BCUT2D eigenvalue weighted by Gasteiger charge is -2.02. The van der Waals surface area contributed by atoms with Crippen molar-refractivity contribution < 1.29 is 0 Å². The number of pyridine rings is 1. The lowest BCUT2D eigenvalue weighted by atomic mass is 10.1. The van der Waals surface area contributed by atoms with E-state index in [4.69, 9.17) is 22.6 Å². The van der Waals surface area contributed by atoms with Crippen molar-refractivity contribution in [2.45, 2.75) is 6.42 Å². The van der Waals surface area contributed by atoms with Crippen LogP contribution in [-0.4, -0.2) is 15.0 Å². The number of hydrogen-bond acceptors (Lipinski definition) is 6. The maximum absolute atomic E-state index is 9.07. The van der Waals surface area contributed by atoms with Crippen molar-refractivity contribution in [3.63, 3.8) is 0 Å². The first-order valence-corrected chi connectivity index (χ1v) is 8.98. The molecule has 0 bridgehead atoms. The van der Waals surface area contributed by atoms with E-state index in [0.717, 1.165) is 26.2 Å². The van der Waals surface area contributed by atoms with Crippen LogP contribution in [0.4, 0.5) is 5.82 Å². The molecule has 0 aliphatic carbocycles. The molecule has 0 unspecified atom stereocenters. The van der Waals surface area contributed by atoms with E-state index in [0.29, 0.717) is 28.6 Å². The lowest BCUT2D eigenvalue weighted by molar-refractivity contribution is 1.19. The number of hydrogen-bond donors (Lipinski definition) is 1. The standard InChI is InChI=1S/C19H12ClN5S/c20-16-10-23-5-4-12(16)7-14-8-15-17(22)24-18(25-19(15)26-14)13-3-1-2-11(6-13)9-21/h1-6,8,10H,7H2,(H2,22,24,25). The van der Waals surface area contributed by atoms with E-state index >= 15 is 0 Å². The molecule has 3 heterocycles. The van der Waals surface area contributed by atoms with E-state index in [9.17, 15) is 0 Å². The van der Waals surface area contributed by atoms with Gasteiger partial charge in [-0.2, -0.15) is 5.26 Å². The van der Waals surface area contributed by atoms with Crippen molar-refractivity contribution in [1.29, 1.82) is 5.26 Å². The molecule has 0 saturated carbocycles. The molecular weight excluding hydrogens is 366 g/mol. The highest BCUT2D eigenvalue weighted by Crippen LogP contribution is 2.32. The zero-order chi connectivity index (χ0) is 18.1. The van der Waals surface area contributed by atoms with Gasteiger partial charge in [-0.15, -0.1) is 11.3 Å². The number of rotatable bonds is 3. The number of nitrogen functional groups attached to an aromatic ring is 1. The number of anilines is 1. The minimum Gasteiger partial charge on any atom is -0.383 e. The number of aromatic nitrogens is 3. The van der Waals surface area contributed by atoms with Gasteiger partial charge in [-0.1, -0.05) is 23.7 Å². The Morgan fingerprint density at radius 1 is 1.19 bits per heavy atom. The third-order valence-corrected chi connectivity index (χ3v) is 5.31. The fourth-order valence-electron chi connectivity index (χ4n) is 2.67. The van der Waals surface area contributed by atoms with E-state index in [-0.39, 0.29) is 0 Å². The molecule has 4 rings (SSSR count). The maximum Gasteiger partial charge on any atom is 0.163 e. The summed E-state index contributed by atoms with van der Waals surface area (Å²) in [5.41, 5.74) is 8.49. The Morgan fingerprint density at radius 3 is 2.88 bits per heavy atom. The maximum atomic E-state index is 9.07. The number of nitrogens with zero attached hydrogens (tertiary/aromatic N) is 4. The molecule has 2 N–H and O–H groups in total. The van der Waals surface area contributed by atoms with E-state index in [1.807, 2.05) is 24.3 Å². The van der Waals surface area contributed by atoms with Crippen LogP contribution < -0.4 is 5.73 Å². The van der Waals surface area contributed by atoms with Crippen LogP contribution in [0.25, 0.3) is 21.6 Å². The highest BCUT2D eigenvalue weighted by molar-refractivity contribution is 7.18. The Labute approximate surface area is 158 Å².